The quantitative estimate of drug-likeness (QED) is 0.120. The lowest BCUT2D eigenvalue weighted by Crippen LogP contribution is -2.12. The van der Waals surface area contributed by atoms with E-state index in [-0.39, 0.29) is 24.7 Å². The molecule has 0 bridgehead atoms. The second-order valence-electron chi connectivity index (χ2n) is 6.96. The fourth-order valence-electron chi connectivity index (χ4n) is 2.71. The summed E-state index contributed by atoms with van der Waals surface area (Å²) in [6.07, 6.45) is -0.946. The number of hydrogen-bond donors (Lipinski definition) is 0. The highest BCUT2D eigenvalue weighted by atomic mass is 16.7. The molecular weight excluding hydrogens is 474 g/mol. The van der Waals surface area contributed by atoms with Crippen LogP contribution in [0.2, 0.25) is 0 Å². The van der Waals surface area contributed by atoms with Crippen molar-refractivity contribution in [2.24, 2.45) is 10.2 Å². The number of nitrogens with zero attached hydrogens (tertiary/aromatic N) is 3. The van der Waals surface area contributed by atoms with E-state index in [1.165, 1.54) is 38.5 Å². The van der Waals surface area contributed by atoms with Crippen LogP contribution in [0, 0.1) is 10.1 Å². The van der Waals surface area contributed by atoms with Crippen molar-refractivity contribution in [2.45, 2.75) is 6.61 Å². The predicted molar refractivity (Wildman–Crippen MR) is 125 cm³/mol. The number of ether oxygens (including phenoxy) is 5. The summed E-state index contributed by atoms with van der Waals surface area (Å²) in [6, 6.07) is 16.7. The highest BCUT2D eigenvalue weighted by molar-refractivity contribution is 5.71. The molecule has 0 spiro atoms. The topological polar surface area (TPSA) is 148 Å². The summed E-state index contributed by atoms with van der Waals surface area (Å²) >= 11 is 0. The van der Waals surface area contributed by atoms with Crippen molar-refractivity contribution in [3.63, 3.8) is 0 Å². The number of esters is 1. The van der Waals surface area contributed by atoms with Gasteiger partial charge in [0, 0.05) is 18.2 Å². The molecule has 0 radical (unpaired) electrons. The molecule has 0 amide bonds. The van der Waals surface area contributed by atoms with E-state index < -0.39 is 17.0 Å². The normalized spacial score (nSPS) is 10.5. The van der Waals surface area contributed by atoms with Gasteiger partial charge in [-0.2, -0.15) is 5.11 Å². The number of nitro benzene ring substituents is 1. The van der Waals surface area contributed by atoms with Crippen molar-refractivity contribution in [1.82, 2.24) is 0 Å². The summed E-state index contributed by atoms with van der Waals surface area (Å²) in [5, 5.41) is 19.0. The smallest absolute Gasteiger partial charge is 0.494 e. The van der Waals surface area contributed by atoms with E-state index in [4.69, 9.17) is 18.9 Å². The number of hydrogen-bond acceptors (Lipinski definition) is 11. The van der Waals surface area contributed by atoms with E-state index in [0.717, 1.165) is 0 Å². The van der Waals surface area contributed by atoms with Gasteiger partial charge in [-0.1, -0.05) is 12.1 Å². The van der Waals surface area contributed by atoms with E-state index in [0.29, 0.717) is 28.4 Å². The average molecular weight is 495 g/mol. The molecule has 3 rings (SSSR count). The van der Waals surface area contributed by atoms with Crippen LogP contribution < -0.4 is 14.2 Å². The number of carbonyl (C=O) groups is 2. The summed E-state index contributed by atoms with van der Waals surface area (Å²) in [7, 11) is 2.74. The molecule has 0 saturated heterocycles. The highest BCUT2D eigenvalue weighted by Crippen LogP contribution is 2.33. The molecular formula is C24H21N3O9. The first-order valence-corrected chi connectivity index (χ1v) is 10.4. The third-order valence-corrected chi connectivity index (χ3v) is 4.55. The lowest BCUT2D eigenvalue weighted by molar-refractivity contribution is -0.384. The fraction of sp³-hybridized carbons (Fsp3) is 0.167. The molecule has 0 aromatic heterocycles. The first-order valence-electron chi connectivity index (χ1n) is 10.4. The van der Waals surface area contributed by atoms with Crippen LogP contribution in [0.3, 0.4) is 0 Å². The Labute approximate surface area is 205 Å². The molecule has 0 saturated carbocycles. The van der Waals surface area contributed by atoms with Crippen LogP contribution in [0.15, 0.2) is 77.0 Å². The third-order valence-electron chi connectivity index (χ3n) is 4.55. The minimum Gasteiger partial charge on any atom is -0.494 e. The van der Waals surface area contributed by atoms with E-state index in [1.54, 1.807) is 42.5 Å². The van der Waals surface area contributed by atoms with Gasteiger partial charge in [0.15, 0.2) is 6.61 Å². The predicted octanol–water partition coefficient (Wildman–Crippen LogP) is 5.29. The molecule has 12 heteroatoms. The van der Waals surface area contributed by atoms with E-state index >= 15 is 0 Å². The minimum absolute atomic E-state index is 0.0515. The van der Waals surface area contributed by atoms with Crippen molar-refractivity contribution in [3.8, 4) is 17.2 Å². The Balaban J connectivity index is 1.53. The molecule has 36 heavy (non-hydrogen) atoms. The first-order chi connectivity index (χ1) is 17.4. The fourth-order valence-corrected chi connectivity index (χ4v) is 2.71. The Bertz CT molecular complexity index is 1240. The van der Waals surface area contributed by atoms with Gasteiger partial charge in [0.05, 0.1) is 24.8 Å². The van der Waals surface area contributed by atoms with Crippen LogP contribution in [0.5, 0.6) is 17.2 Å². The molecule has 0 heterocycles. The molecule has 12 nitrogen and oxygen atoms in total. The molecule has 0 unspecified atom stereocenters. The number of non-ortho nitro benzene ring substituents is 1. The molecule has 0 atom stereocenters. The van der Waals surface area contributed by atoms with Crippen molar-refractivity contribution < 1.29 is 38.2 Å². The molecule has 3 aromatic carbocycles. The molecule has 186 valence electrons. The maximum atomic E-state index is 11.8. The lowest BCUT2D eigenvalue weighted by Gasteiger charge is -2.08. The zero-order valence-corrected chi connectivity index (χ0v) is 19.3. The van der Waals surface area contributed by atoms with Gasteiger partial charge in [-0.25, -0.2) is 9.59 Å². The Morgan fingerprint density at radius 3 is 2.25 bits per heavy atom. The van der Waals surface area contributed by atoms with Crippen LogP contribution >= 0.6 is 0 Å². The number of nitro groups is 1. The number of azo groups is 1. The van der Waals surface area contributed by atoms with E-state index in [1.807, 2.05) is 0 Å². The third kappa shape index (κ3) is 7.52. The number of benzene rings is 3. The maximum Gasteiger partial charge on any atom is 0.514 e. The molecule has 0 aliphatic heterocycles. The monoisotopic (exact) mass is 495 g/mol. The SMILES string of the molecule is COC(=O)COc1ccc(/N=N/c2ccc(COC(=O)Oc3ccc([N+](=O)[O-])cc3)cc2)c(OC)c1. The molecule has 0 fully saturated rings. The molecule has 0 N–H and O–H groups in total. The van der Waals surface area contributed by atoms with Crippen molar-refractivity contribution in [3.05, 3.63) is 82.4 Å². The van der Waals surface area contributed by atoms with Crippen LogP contribution in [-0.4, -0.2) is 37.9 Å². The van der Waals surface area contributed by atoms with Crippen molar-refractivity contribution >= 4 is 29.2 Å². The molecule has 0 aliphatic rings. The van der Waals surface area contributed by atoms with Gasteiger partial charge < -0.3 is 23.7 Å². The standard InChI is InChI=1S/C24H21N3O9/c1-32-22-13-20(34-15-23(28)33-2)11-12-21(22)26-25-17-5-3-16(4-6-17)14-35-24(29)36-19-9-7-18(8-10-19)27(30)31/h3-13H,14-15H2,1-2H3/b26-25+. The van der Waals surface area contributed by atoms with Crippen molar-refractivity contribution in [1.29, 1.82) is 0 Å². The Morgan fingerprint density at radius 1 is 0.917 bits per heavy atom. The summed E-state index contributed by atoms with van der Waals surface area (Å²) in [5.41, 5.74) is 1.55. The second-order valence-corrected chi connectivity index (χ2v) is 6.96. The van der Waals surface area contributed by atoms with Crippen LogP contribution in [0.1, 0.15) is 5.56 Å². The van der Waals surface area contributed by atoms with Gasteiger partial charge in [-0.3, -0.25) is 10.1 Å². The number of methoxy groups -OCH3 is 2. The van der Waals surface area contributed by atoms with Gasteiger partial charge in [-0.05, 0) is 42.0 Å². The van der Waals surface area contributed by atoms with E-state index in [9.17, 15) is 19.7 Å². The van der Waals surface area contributed by atoms with Crippen LogP contribution in [-0.2, 0) is 20.9 Å². The molecule has 3 aromatic rings. The Morgan fingerprint density at radius 2 is 1.61 bits per heavy atom. The zero-order chi connectivity index (χ0) is 25.9. The number of carbonyl (C=O) groups excluding carboxylic acids is 2. The Hall–Kier alpha value is -5.00. The summed E-state index contributed by atoms with van der Waals surface area (Å²) in [4.78, 5) is 33.2. The largest absolute Gasteiger partial charge is 0.514 e. The summed E-state index contributed by atoms with van der Waals surface area (Å²) < 4.78 is 25.2. The van der Waals surface area contributed by atoms with E-state index in [2.05, 4.69) is 15.0 Å². The van der Waals surface area contributed by atoms with Gasteiger partial charge in [-0.15, -0.1) is 5.11 Å². The van der Waals surface area contributed by atoms with Gasteiger partial charge in [0.25, 0.3) is 5.69 Å². The highest BCUT2D eigenvalue weighted by Gasteiger charge is 2.10. The second kappa shape index (κ2) is 12.5. The summed E-state index contributed by atoms with van der Waals surface area (Å²) in [5.74, 6) is 0.429. The van der Waals surface area contributed by atoms with Crippen molar-refractivity contribution in [2.75, 3.05) is 20.8 Å². The summed E-state index contributed by atoms with van der Waals surface area (Å²) in [6.45, 7) is -0.282. The Kier molecular flexibility index (Phi) is 8.87. The zero-order valence-electron chi connectivity index (χ0n) is 19.3. The van der Waals surface area contributed by atoms with Gasteiger partial charge in [0.1, 0.15) is 29.5 Å². The van der Waals surface area contributed by atoms with Gasteiger partial charge >= 0.3 is 12.1 Å². The van der Waals surface area contributed by atoms with Crippen LogP contribution in [0.4, 0.5) is 21.9 Å². The first kappa shape index (κ1) is 25.6. The minimum atomic E-state index is -0.946. The maximum absolute atomic E-state index is 11.8. The number of rotatable bonds is 10. The molecule has 0 aliphatic carbocycles. The lowest BCUT2D eigenvalue weighted by atomic mass is 10.2. The average Bonchev–Trinajstić information content (AvgIpc) is 2.90. The van der Waals surface area contributed by atoms with Gasteiger partial charge in [0.2, 0.25) is 0 Å². The van der Waals surface area contributed by atoms with Crippen LogP contribution in [0.25, 0.3) is 0 Å².